The first-order valence-electron chi connectivity index (χ1n) is 6.81. The van der Waals surface area contributed by atoms with Crippen molar-refractivity contribution in [3.8, 4) is 0 Å². The highest BCUT2D eigenvalue weighted by atomic mass is 14.9. The van der Waals surface area contributed by atoms with Gasteiger partial charge in [-0.15, -0.1) is 0 Å². The van der Waals surface area contributed by atoms with E-state index in [-0.39, 0.29) is 0 Å². The third-order valence-corrected chi connectivity index (χ3v) is 3.01. The molecule has 0 bridgehead atoms. The number of hydrogen-bond acceptors (Lipinski definition) is 1. The molecule has 0 aliphatic carbocycles. The maximum absolute atomic E-state index is 3.60. The van der Waals surface area contributed by atoms with Gasteiger partial charge in [0.25, 0.3) is 0 Å². The highest BCUT2D eigenvalue weighted by Gasteiger charge is 2.10. The molecular weight excluding hydrogens is 206 g/mol. The lowest BCUT2D eigenvalue weighted by Gasteiger charge is -2.20. The van der Waals surface area contributed by atoms with E-state index in [0.717, 1.165) is 18.9 Å². The molecule has 0 spiro atoms. The summed E-state index contributed by atoms with van der Waals surface area (Å²) in [6.07, 6.45) is 2.40. The van der Waals surface area contributed by atoms with Gasteiger partial charge in [-0.3, -0.25) is 0 Å². The minimum atomic E-state index is 0.612. The summed E-state index contributed by atoms with van der Waals surface area (Å²) in [4.78, 5) is 0. The van der Waals surface area contributed by atoms with Crippen LogP contribution in [-0.4, -0.2) is 12.6 Å². The summed E-state index contributed by atoms with van der Waals surface area (Å²) >= 11 is 0. The number of aryl methyl sites for hydroxylation is 2. The fourth-order valence-corrected chi connectivity index (χ4v) is 2.57. The molecule has 0 saturated heterocycles. The fourth-order valence-electron chi connectivity index (χ4n) is 2.57. The van der Waals surface area contributed by atoms with E-state index >= 15 is 0 Å². The third kappa shape index (κ3) is 5.36. The molecule has 1 atom stereocenters. The van der Waals surface area contributed by atoms with Crippen molar-refractivity contribution < 1.29 is 0 Å². The summed E-state index contributed by atoms with van der Waals surface area (Å²) in [6.45, 7) is 12.2. The Morgan fingerprint density at radius 2 is 1.65 bits per heavy atom. The van der Waals surface area contributed by atoms with Gasteiger partial charge in [0, 0.05) is 6.04 Å². The minimum absolute atomic E-state index is 0.612. The van der Waals surface area contributed by atoms with Crippen LogP contribution in [0.15, 0.2) is 18.2 Å². The van der Waals surface area contributed by atoms with Crippen molar-refractivity contribution in [1.29, 1.82) is 0 Å². The number of hydrogen-bond donors (Lipinski definition) is 1. The van der Waals surface area contributed by atoms with Gasteiger partial charge < -0.3 is 5.32 Å². The molecule has 0 radical (unpaired) electrons. The molecule has 0 aliphatic rings. The first kappa shape index (κ1) is 14.2. The van der Waals surface area contributed by atoms with Crippen LogP contribution in [0.4, 0.5) is 0 Å². The van der Waals surface area contributed by atoms with E-state index in [9.17, 15) is 0 Å². The number of likely N-dealkylation sites (N-methyl/N-ethyl adjacent to an activating group) is 1. The van der Waals surface area contributed by atoms with Crippen LogP contribution >= 0.6 is 0 Å². The van der Waals surface area contributed by atoms with Crippen molar-refractivity contribution in [3.05, 3.63) is 34.9 Å². The molecule has 1 unspecified atom stereocenters. The smallest absolute Gasteiger partial charge is 0.0110 e. The minimum Gasteiger partial charge on any atom is -0.314 e. The van der Waals surface area contributed by atoms with Crippen molar-refractivity contribution >= 4 is 0 Å². The lowest BCUT2D eigenvalue weighted by Crippen LogP contribution is -2.32. The molecule has 17 heavy (non-hydrogen) atoms. The van der Waals surface area contributed by atoms with Crippen LogP contribution in [0.3, 0.4) is 0 Å². The summed E-state index contributed by atoms with van der Waals surface area (Å²) in [5.74, 6) is 0.755. The van der Waals surface area contributed by atoms with Gasteiger partial charge in [0.05, 0.1) is 0 Å². The van der Waals surface area contributed by atoms with E-state index in [1.807, 2.05) is 0 Å². The number of nitrogens with one attached hydrogen (secondary N) is 1. The lowest BCUT2D eigenvalue weighted by molar-refractivity contribution is 0.424. The molecule has 0 heterocycles. The molecule has 1 aromatic rings. The standard InChI is InChI=1S/C16H27N/c1-6-17-16(7-12(2)3)11-15-9-13(4)8-14(5)10-15/h8-10,12,16-17H,6-7,11H2,1-5H3. The topological polar surface area (TPSA) is 12.0 Å². The molecule has 1 nitrogen and oxygen atoms in total. The summed E-state index contributed by atoms with van der Waals surface area (Å²) in [7, 11) is 0. The number of benzene rings is 1. The third-order valence-electron chi connectivity index (χ3n) is 3.01. The first-order chi connectivity index (χ1) is 8.01. The molecule has 1 aromatic carbocycles. The van der Waals surface area contributed by atoms with E-state index in [4.69, 9.17) is 0 Å². The predicted molar refractivity (Wildman–Crippen MR) is 76.5 cm³/mol. The van der Waals surface area contributed by atoms with Gasteiger partial charge in [-0.1, -0.05) is 50.1 Å². The van der Waals surface area contributed by atoms with E-state index in [1.54, 1.807) is 0 Å². The Balaban J connectivity index is 2.70. The SMILES string of the molecule is CCNC(Cc1cc(C)cc(C)c1)CC(C)C. The summed E-state index contributed by atoms with van der Waals surface area (Å²) < 4.78 is 0. The average Bonchev–Trinajstić information content (AvgIpc) is 2.14. The van der Waals surface area contributed by atoms with Crippen LogP contribution < -0.4 is 5.32 Å². The Morgan fingerprint density at radius 3 is 2.12 bits per heavy atom. The van der Waals surface area contributed by atoms with Gasteiger partial charge in [0.2, 0.25) is 0 Å². The first-order valence-corrected chi connectivity index (χ1v) is 6.81. The number of rotatable bonds is 6. The second-order valence-corrected chi connectivity index (χ2v) is 5.58. The monoisotopic (exact) mass is 233 g/mol. The van der Waals surface area contributed by atoms with Crippen LogP contribution in [0.5, 0.6) is 0 Å². The zero-order valence-electron chi connectivity index (χ0n) is 12.0. The molecule has 0 fully saturated rings. The van der Waals surface area contributed by atoms with Gasteiger partial charge in [0.15, 0.2) is 0 Å². The zero-order valence-corrected chi connectivity index (χ0v) is 12.0. The Morgan fingerprint density at radius 1 is 1.06 bits per heavy atom. The van der Waals surface area contributed by atoms with Crippen LogP contribution in [0, 0.1) is 19.8 Å². The zero-order chi connectivity index (χ0) is 12.8. The van der Waals surface area contributed by atoms with Crippen LogP contribution in [0.2, 0.25) is 0 Å². The van der Waals surface area contributed by atoms with E-state index in [1.165, 1.54) is 23.1 Å². The second kappa shape index (κ2) is 6.80. The maximum Gasteiger partial charge on any atom is 0.0110 e. The fraction of sp³-hybridized carbons (Fsp3) is 0.625. The largest absolute Gasteiger partial charge is 0.314 e. The Labute approximate surface area is 107 Å². The van der Waals surface area contributed by atoms with Gasteiger partial charge in [-0.2, -0.15) is 0 Å². The Bertz CT molecular complexity index is 321. The Hall–Kier alpha value is -0.820. The summed E-state index contributed by atoms with van der Waals surface area (Å²) in [6, 6.07) is 7.49. The molecule has 96 valence electrons. The van der Waals surface area contributed by atoms with Crippen LogP contribution in [-0.2, 0) is 6.42 Å². The maximum atomic E-state index is 3.60. The molecule has 0 aliphatic heterocycles. The molecule has 1 N–H and O–H groups in total. The second-order valence-electron chi connectivity index (χ2n) is 5.58. The van der Waals surface area contributed by atoms with Crippen molar-refractivity contribution in [2.45, 2.75) is 53.5 Å². The highest BCUT2D eigenvalue weighted by Crippen LogP contribution is 2.14. The average molecular weight is 233 g/mol. The van der Waals surface area contributed by atoms with Crippen LogP contribution in [0.25, 0.3) is 0 Å². The van der Waals surface area contributed by atoms with Gasteiger partial charge >= 0.3 is 0 Å². The van der Waals surface area contributed by atoms with E-state index in [0.29, 0.717) is 6.04 Å². The normalized spacial score (nSPS) is 13.1. The lowest BCUT2D eigenvalue weighted by atomic mass is 9.95. The molecule has 1 rings (SSSR count). The molecular formula is C16H27N. The summed E-state index contributed by atoms with van der Waals surface area (Å²) in [5, 5.41) is 3.60. The van der Waals surface area contributed by atoms with Crippen molar-refractivity contribution in [3.63, 3.8) is 0 Å². The van der Waals surface area contributed by atoms with Crippen LogP contribution in [0.1, 0.15) is 43.9 Å². The summed E-state index contributed by atoms with van der Waals surface area (Å²) in [5.41, 5.74) is 4.22. The predicted octanol–water partition coefficient (Wildman–Crippen LogP) is 3.87. The van der Waals surface area contributed by atoms with E-state index < -0.39 is 0 Å². The highest BCUT2D eigenvalue weighted by molar-refractivity contribution is 5.29. The molecule has 0 saturated carbocycles. The van der Waals surface area contributed by atoms with Crippen molar-refractivity contribution in [2.24, 2.45) is 5.92 Å². The molecule has 0 aromatic heterocycles. The van der Waals surface area contributed by atoms with Gasteiger partial charge in [-0.25, -0.2) is 0 Å². The van der Waals surface area contributed by atoms with E-state index in [2.05, 4.69) is 58.1 Å². The Kier molecular flexibility index (Phi) is 5.70. The van der Waals surface area contributed by atoms with Crippen molar-refractivity contribution in [2.75, 3.05) is 6.54 Å². The molecule has 1 heteroatoms. The quantitative estimate of drug-likeness (QED) is 0.786. The van der Waals surface area contributed by atoms with Gasteiger partial charge in [0.1, 0.15) is 0 Å². The van der Waals surface area contributed by atoms with Crippen molar-refractivity contribution in [1.82, 2.24) is 5.32 Å². The molecule has 0 amide bonds. The van der Waals surface area contributed by atoms with Gasteiger partial charge in [-0.05, 0) is 44.7 Å².